The maximum Gasteiger partial charge on any atom is 0.243 e. The van der Waals surface area contributed by atoms with Gasteiger partial charge in [-0.1, -0.05) is 6.92 Å². The minimum atomic E-state index is -3.38. The molecular weight excluding hydrogens is 274 g/mol. The van der Waals surface area contributed by atoms with Crippen LogP contribution in [0.15, 0.2) is 17.0 Å². The molecule has 2 rings (SSSR count). The molecule has 1 atom stereocenters. The highest BCUT2D eigenvalue weighted by atomic mass is 32.2. The highest BCUT2D eigenvalue weighted by molar-refractivity contribution is 7.89. The van der Waals surface area contributed by atoms with Crippen molar-refractivity contribution in [2.75, 3.05) is 19.7 Å². The standard InChI is InChI=1S/C15H23NO3S/c1-5-19-14-8-13(4)15(9-12(14)3)20(17,18)16-7-6-11(2)10-16/h8-9,11H,5-7,10H2,1-4H3. The fraction of sp³-hybridized carbons (Fsp3) is 0.600. The maximum absolute atomic E-state index is 12.7. The van der Waals surface area contributed by atoms with Crippen molar-refractivity contribution in [2.45, 2.75) is 39.0 Å². The highest BCUT2D eigenvalue weighted by Crippen LogP contribution is 2.30. The quantitative estimate of drug-likeness (QED) is 0.858. The number of sulfonamides is 1. The van der Waals surface area contributed by atoms with E-state index in [0.717, 1.165) is 23.3 Å². The van der Waals surface area contributed by atoms with Gasteiger partial charge in [0.2, 0.25) is 10.0 Å². The summed E-state index contributed by atoms with van der Waals surface area (Å²) in [6, 6.07) is 3.56. The van der Waals surface area contributed by atoms with Crippen LogP contribution >= 0.6 is 0 Å². The monoisotopic (exact) mass is 297 g/mol. The molecule has 0 aromatic heterocycles. The van der Waals surface area contributed by atoms with Crippen molar-refractivity contribution in [2.24, 2.45) is 5.92 Å². The molecule has 1 unspecified atom stereocenters. The van der Waals surface area contributed by atoms with E-state index in [4.69, 9.17) is 4.74 Å². The second kappa shape index (κ2) is 5.74. The largest absolute Gasteiger partial charge is 0.494 e. The fourth-order valence-corrected chi connectivity index (χ4v) is 4.47. The molecule has 0 aliphatic carbocycles. The van der Waals surface area contributed by atoms with Crippen molar-refractivity contribution in [3.63, 3.8) is 0 Å². The van der Waals surface area contributed by atoms with Gasteiger partial charge in [-0.05, 0) is 56.4 Å². The molecule has 1 aromatic rings. The van der Waals surface area contributed by atoms with Gasteiger partial charge in [0.25, 0.3) is 0 Å². The lowest BCUT2D eigenvalue weighted by molar-refractivity contribution is 0.337. The number of benzene rings is 1. The lowest BCUT2D eigenvalue weighted by atomic mass is 10.1. The van der Waals surface area contributed by atoms with Crippen LogP contribution in [0, 0.1) is 19.8 Å². The number of hydrogen-bond donors (Lipinski definition) is 0. The van der Waals surface area contributed by atoms with Crippen LogP contribution in [0.5, 0.6) is 5.75 Å². The molecule has 1 fully saturated rings. The van der Waals surface area contributed by atoms with Gasteiger partial charge in [0.15, 0.2) is 0 Å². The van der Waals surface area contributed by atoms with E-state index in [2.05, 4.69) is 6.92 Å². The second-order valence-corrected chi connectivity index (χ2v) is 7.48. The first kappa shape index (κ1) is 15.3. The minimum Gasteiger partial charge on any atom is -0.494 e. The van der Waals surface area contributed by atoms with E-state index in [1.165, 1.54) is 0 Å². The summed E-state index contributed by atoms with van der Waals surface area (Å²) < 4.78 is 32.5. The van der Waals surface area contributed by atoms with Crippen molar-refractivity contribution in [3.8, 4) is 5.75 Å². The number of rotatable bonds is 4. The first-order valence-electron chi connectivity index (χ1n) is 7.10. The highest BCUT2D eigenvalue weighted by Gasteiger charge is 2.31. The maximum atomic E-state index is 12.7. The number of ether oxygens (including phenoxy) is 1. The van der Waals surface area contributed by atoms with Crippen LogP contribution in [-0.4, -0.2) is 32.4 Å². The van der Waals surface area contributed by atoms with Gasteiger partial charge in [-0.2, -0.15) is 4.31 Å². The van der Waals surface area contributed by atoms with Crippen LogP contribution in [0.3, 0.4) is 0 Å². The zero-order valence-corrected chi connectivity index (χ0v) is 13.5. The molecule has 0 saturated carbocycles. The summed E-state index contributed by atoms with van der Waals surface area (Å²) in [6.45, 7) is 9.54. The van der Waals surface area contributed by atoms with Crippen molar-refractivity contribution < 1.29 is 13.2 Å². The van der Waals surface area contributed by atoms with Gasteiger partial charge < -0.3 is 4.74 Å². The van der Waals surface area contributed by atoms with Gasteiger partial charge in [0, 0.05) is 13.1 Å². The fourth-order valence-electron chi connectivity index (χ4n) is 2.60. The zero-order valence-electron chi connectivity index (χ0n) is 12.6. The normalized spacial score (nSPS) is 20.3. The molecule has 1 saturated heterocycles. The average Bonchev–Trinajstić information content (AvgIpc) is 2.81. The molecule has 20 heavy (non-hydrogen) atoms. The van der Waals surface area contributed by atoms with E-state index in [1.54, 1.807) is 10.4 Å². The molecule has 0 amide bonds. The van der Waals surface area contributed by atoms with Gasteiger partial charge in [0.1, 0.15) is 5.75 Å². The Kier molecular flexibility index (Phi) is 4.39. The Balaban J connectivity index is 2.39. The molecular formula is C15H23NO3S. The molecule has 112 valence electrons. The lowest BCUT2D eigenvalue weighted by Gasteiger charge is -2.19. The van der Waals surface area contributed by atoms with Crippen molar-refractivity contribution in [3.05, 3.63) is 23.3 Å². The van der Waals surface area contributed by atoms with Crippen molar-refractivity contribution in [1.29, 1.82) is 0 Å². The van der Waals surface area contributed by atoms with E-state index >= 15 is 0 Å². The Labute approximate surface area is 121 Å². The molecule has 4 nitrogen and oxygen atoms in total. The first-order chi connectivity index (χ1) is 9.36. The summed E-state index contributed by atoms with van der Waals surface area (Å²) in [7, 11) is -3.38. The first-order valence-corrected chi connectivity index (χ1v) is 8.54. The van der Waals surface area contributed by atoms with Crippen LogP contribution in [0.1, 0.15) is 31.4 Å². The van der Waals surface area contributed by atoms with Gasteiger partial charge >= 0.3 is 0 Å². The van der Waals surface area contributed by atoms with E-state index in [0.29, 0.717) is 30.5 Å². The molecule has 5 heteroatoms. The Morgan fingerprint density at radius 1 is 1.30 bits per heavy atom. The molecule has 0 spiro atoms. The molecule has 1 aliphatic rings. The zero-order chi connectivity index (χ0) is 14.9. The van der Waals surface area contributed by atoms with Crippen LogP contribution in [-0.2, 0) is 10.0 Å². The van der Waals surface area contributed by atoms with E-state index in [1.807, 2.05) is 26.8 Å². The Morgan fingerprint density at radius 2 is 2.00 bits per heavy atom. The van der Waals surface area contributed by atoms with Crippen LogP contribution in [0.25, 0.3) is 0 Å². The summed E-state index contributed by atoms with van der Waals surface area (Å²) in [6.07, 6.45) is 0.939. The Hall–Kier alpha value is -1.07. The topological polar surface area (TPSA) is 46.6 Å². The van der Waals surface area contributed by atoms with E-state index in [9.17, 15) is 8.42 Å². The molecule has 1 heterocycles. The average molecular weight is 297 g/mol. The summed E-state index contributed by atoms with van der Waals surface area (Å²) >= 11 is 0. The summed E-state index contributed by atoms with van der Waals surface area (Å²) in [5.74, 6) is 1.20. The predicted molar refractivity (Wildman–Crippen MR) is 79.6 cm³/mol. The van der Waals surface area contributed by atoms with Crippen LogP contribution in [0.4, 0.5) is 0 Å². The number of aryl methyl sites for hydroxylation is 2. The van der Waals surface area contributed by atoms with E-state index < -0.39 is 10.0 Å². The van der Waals surface area contributed by atoms with Crippen molar-refractivity contribution in [1.82, 2.24) is 4.31 Å². The van der Waals surface area contributed by atoms with Gasteiger partial charge in [-0.25, -0.2) is 8.42 Å². The minimum absolute atomic E-state index is 0.410. The second-order valence-electron chi connectivity index (χ2n) is 5.57. The summed E-state index contributed by atoms with van der Waals surface area (Å²) in [5, 5.41) is 0. The lowest BCUT2D eigenvalue weighted by Crippen LogP contribution is -2.29. The summed E-state index contributed by atoms with van der Waals surface area (Å²) in [4.78, 5) is 0.410. The molecule has 0 bridgehead atoms. The smallest absolute Gasteiger partial charge is 0.243 e. The third-order valence-electron chi connectivity index (χ3n) is 3.78. The summed E-state index contributed by atoms with van der Waals surface area (Å²) in [5.41, 5.74) is 1.61. The molecule has 1 aromatic carbocycles. The van der Waals surface area contributed by atoms with Crippen molar-refractivity contribution >= 4 is 10.0 Å². The van der Waals surface area contributed by atoms with E-state index in [-0.39, 0.29) is 0 Å². The Morgan fingerprint density at radius 3 is 2.55 bits per heavy atom. The molecule has 0 N–H and O–H groups in total. The van der Waals surface area contributed by atoms with Gasteiger partial charge in [-0.3, -0.25) is 0 Å². The predicted octanol–water partition coefficient (Wildman–Crippen LogP) is 2.73. The van der Waals surface area contributed by atoms with Gasteiger partial charge in [-0.15, -0.1) is 0 Å². The number of nitrogens with zero attached hydrogens (tertiary/aromatic N) is 1. The molecule has 1 aliphatic heterocycles. The van der Waals surface area contributed by atoms with Crippen LogP contribution in [0.2, 0.25) is 0 Å². The third kappa shape index (κ3) is 2.83. The third-order valence-corrected chi connectivity index (χ3v) is 5.78. The van der Waals surface area contributed by atoms with Gasteiger partial charge in [0.05, 0.1) is 11.5 Å². The van der Waals surface area contributed by atoms with Crippen LogP contribution < -0.4 is 4.74 Å². The SMILES string of the molecule is CCOc1cc(C)c(S(=O)(=O)N2CCC(C)C2)cc1C. The Bertz CT molecular complexity index is 595. The molecule has 0 radical (unpaired) electrons. The number of hydrogen-bond acceptors (Lipinski definition) is 3.